The topological polar surface area (TPSA) is 60.0 Å². The minimum absolute atomic E-state index is 0.0178. The van der Waals surface area contributed by atoms with Gasteiger partial charge >= 0.3 is 6.09 Å². The second-order valence-corrected chi connectivity index (χ2v) is 7.97. The number of fused-ring (bicyclic) bond motifs is 1. The Bertz CT molecular complexity index is 937. The fraction of sp³-hybridized carbons (Fsp3) is 0.381. The molecule has 1 aromatic carbocycles. The second kappa shape index (κ2) is 8.42. The lowest BCUT2D eigenvalue weighted by atomic mass is 10.1. The van der Waals surface area contributed by atoms with E-state index in [9.17, 15) is 9.18 Å². The second-order valence-electron chi connectivity index (χ2n) is 6.97. The quantitative estimate of drug-likeness (QED) is 0.771. The van der Waals surface area contributed by atoms with Crippen LogP contribution in [0.2, 0.25) is 0 Å². The molecule has 8 heteroatoms. The summed E-state index contributed by atoms with van der Waals surface area (Å²) in [6.45, 7) is 3.60. The first-order valence-electron chi connectivity index (χ1n) is 9.51. The molecule has 1 saturated heterocycles. The number of hydrogen-bond donors (Lipinski definition) is 1. The van der Waals surface area contributed by atoms with E-state index in [4.69, 9.17) is 14.2 Å². The molecule has 0 atom stereocenters. The third-order valence-corrected chi connectivity index (χ3v) is 6.05. The van der Waals surface area contributed by atoms with Crippen molar-refractivity contribution in [1.29, 1.82) is 0 Å². The normalized spacial score (nSPS) is 17.1. The maximum Gasteiger partial charge on any atom is 0.414 e. The van der Waals surface area contributed by atoms with Crippen LogP contribution in [-0.4, -0.2) is 37.4 Å². The molecule has 1 fully saturated rings. The SMILES string of the molecule is COC(=O)N1Cc2sccc2C(Nc2ccc(F)cc2OC2CCOCC2)=C1C. The molecule has 154 valence electrons. The highest BCUT2D eigenvalue weighted by Gasteiger charge is 2.29. The molecule has 0 unspecified atom stereocenters. The Morgan fingerprint density at radius 2 is 2.10 bits per heavy atom. The monoisotopic (exact) mass is 418 g/mol. The highest BCUT2D eigenvalue weighted by Crippen LogP contribution is 2.38. The minimum Gasteiger partial charge on any atom is -0.488 e. The third-order valence-electron chi connectivity index (χ3n) is 5.14. The van der Waals surface area contributed by atoms with Crippen molar-refractivity contribution in [3.8, 4) is 5.75 Å². The molecule has 3 heterocycles. The van der Waals surface area contributed by atoms with Crippen LogP contribution < -0.4 is 10.1 Å². The van der Waals surface area contributed by atoms with Crippen LogP contribution >= 0.6 is 11.3 Å². The van der Waals surface area contributed by atoms with E-state index in [0.717, 1.165) is 34.7 Å². The molecule has 0 saturated carbocycles. The number of carbonyl (C=O) groups excluding carboxylic acids is 1. The van der Waals surface area contributed by atoms with Crippen molar-refractivity contribution in [2.75, 3.05) is 25.6 Å². The number of carbonyl (C=O) groups is 1. The van der Waals surface area contributed by atoms with Crippen LogP contribution in [0.4, 0.5) is 14.9 Å². The van der Waals surface area contributed by atoms with Crippen LogP contribution in [0.5, 0.6) is 5.75 Å². The lowest BCUT2D eigenvalue weighted by Gasteiger charge is -2.30. The fourth-order valence-electron chi connectivity index (χ4n) is 3.55. The van der Waals surface area contributed by atoms with Gasteiger partial charge in [-0.1, -0.05) is 0 Å². The number of benzene rings is 1. The van der Waals surface area contributed by atoms with Gasteiger partial charge in [0.1, 0.15) is 17.7 Å². The van der Waals surface area contributed by atoms with E-state index >= 15 is 0 Å². The summed E-state index contributed by atoms with van der Waals surface area (Å²) in [4.78, 5) is 14.9. The summed E-state index contributed by atoms with van der Waals surface area (Å²) in [5.74, 6) is 0.0866. The van der Waals surface area contributed by atoms with Crippen molar-refractivity contribution in [3.05, 3.63) is 51.6 Å². The summed E-state index contributed by atoms with van der Waals surface area (Å²) < 4.78 is 30.4. The number of thiophene rings is 1. The molecule has 1 aromatic heterocycles. The predicted molar refractivity (Wildman–Crippen MR) is 109 cm³/mol. The third kappa shape index (κ3) is 4.09. The number of nitrogens with zero attached hydrogens (tertiary/aromatic N) is 1. The van der Waals surface area contributed by atoms with Crippen LogP contribution in [0.1, 0.15) is 30.2 Å². The maximum absolute atomic E-state index is 13.9. The van der Waals surface area contributed by atoms with Crippen LogP contribution in [0.25, 0.3) is 5.70 Å². The predicted octanol–water partition coefficient (Wildman–Crippen LogP) is 4.83. The van der Waals surface area contributed by atoms with Gasteiger partial charge in [0.15, 0.2) is 0 Å². The zero-order valence-electron chi connectivity index (χ0n) is 16.4. The van der Waals surface area contributed by atoms with E-state index in [1.807, 2.05) is 18.4 Å². The van der Waals surface area contributed by atoms with Gasteiger partial charge in [0.05, 0.1) is 38.3 Å². The lowest BCUT2D eigenvalue weighted by Crippen LogP contribution is -2.33. The minimum atomic E-state index is -0.418. The Labute approximate surface area is 172 Å². The van der Waals surface area contributed by atoms with Gasteiger partial charge in [-0.15, -0.1) is 11.3 Å². The molecule has 0 aliphatic carbocycles. The standard InChI is InChI=1S/C21H23FN2O4S/c1-13-20(16-7-10-29-19(16)12-24(13)21(25)26-2)23-17-4-3-14(22)11-18(17)28-15-5-8-27-9-6-15/h3-4,7,10-11,15,23H,5-6,8-9,12H2,1-2H3. The number of hydrogen-bond acceptors (Lipinski definition) is 6. The molecule has 2 aliphatic heterocycles. The van der Waals surface area contributed by atoms with Crippen molar-refractivity contribution in [3.63, 3.8) is 0 Å². The number of methoxy groups -OCH3 is 1. The first kappa shape index (κ1) is 19.7. The van der Waals surface area contributed by atoms with Crippen molar-refractivity contribution in [2.45, 2.75) is 32.4 Å². The highest BCUT2D eigenvalue weighted by atomic mass is 32.1. The van der Waals surface area contributed by atoms with E-state index in [1.165, 1.54) is 19.2 Å². The maximum atomic E-state index is 13.9. The average Bonchev–Trinajstić information content (AvgIpc) is 3.20. The number of halogens is 1. The van der Waals surface area contributed by atoms with Crippen LogP contribution in [0, 0.1) is 5.82 Å². The van der Waals surface area contributed by atoms with Crippen molar-refractivity contribution in [2.24, 2.45) is 0 Å². The lowest BCUT2D eigenvalue weighted by molar-refractivity contribution is 0.0257. The van der Waals surface area contributed by atoms with Crippen LogP contribution in [-0.2, 0) is 16.0 Å². The van der Waals surface area contributed by atoms with E-state index in [0.29, 0.717) is 31.2 Å². The Morgan fingerprint density at radius 1 is 1.31 bits per heavy atom. The summed E-state index contributed by atoms with van der Waals surface area (Å²) in [5.41, 5.74) is 3.19. The van der Waals surface area contributed by atoms with Crippen LogP contribution in [0.3, 0.4) is 0 Å². The molecule has 29 heavy (non-hydrogen) atoms. The van der Waals surface area contributed by atoms with Gasteiger partial charge in [-0.2, -0.15) is 0 Å². The summed E-state index contributed by atoms with van der Waals surface area (Å²) in [7, 11) is 1.37. The van der Waals surface area contributed by atoms with Gasteiger partial charge < -0.3 is 19.5 Å². The van der Waals surface area contributed by atoms with Gasteiger partial charge in [0.25, 0.3) is 0 Å². The van der Waals surface area contributed by atoms with E-state index in [1.54, 1.807) is 22.3 Å². The van der Waals surface area contributed by atoms with Gasteiger partial charge in [0.2, 0.25) is 0 Å². The van der Waals surface area contributed by atoms with E-state index in [-0.39, 0.29) is 11.9 Å². The molecule has 0 bridgehead atoms. The van der Waals surface area contributed by atoms with Crippen LogP contribution in [0.15, 0.2) is 35.3 Å². The van der Waals surface area contributed by atoms with Gasteiger partial charge in [0, 0.05) is 35.0 Å². The fourth-order valence-corrected chi connectivity index (χ4v) is 4.42. The summed E-state index contributed by atoms with van der Waals surface area (Å²) in [5, 5.41) is 5.37. The first-order valence-corrected chi connectivity index (χ1v) is 10.4. The summed E-state index contributed by atoms with van der Waals surface area (Å²) in [6.07, 6.45) is 1.10. The van der Waals surface area contributed by atoms with Gasteiger partial charge in [-0.25, -0.2) is 9.18 Å². The summed E-state index contributed by atoms with van der Waals surface area (Å²) in [6, 6.07) is 6.46. The van der Waals surface area contributed by atoms with Crippen molar-refractivity contribution >= 4 is 28.8 Å². The first-order chi connectivity index (χ1) is 14.1. The van der Waals surface area contributed by atoms with E-state index < -0.39 is 6.09 Å². The van der Waals surface area contributed by atoms with Gasteiger partial charge in [-0.05, 0) is 30.5 Å². The van der Waals surface area contributed by atoms with Gasteiger partial charge in [-0.3, -0.25) is 4.90 Å². The zero-order chi connectivity index (χ0) is 20.4. The highest BCUT2D eigenvalue weighted by molar-refractivity contribution is 7.10. The summed E-state index contributed by atoms with van der Waals surface area (Å²) >= 11 is 1.58. The van der Waals surface area contributed by atoms with Crippen molar-refractivity contribution in [1.82, 2.24) is 4.90 Å². The van der Waals surface area contributed by atoms with E-state index in [2.05, 4.69) is 5.32 Å². The number of anilines is 1. The van der Waals surface area contributed by atoms with Crippen molar-refractivity contribution < 1.29 is 23.4 Å². The largest absolute Gasteiger partial charge is 0.488 e. The smallest absolute Gasteiger partial charge is 0.414 e. The number of amides is 1. The Hall–Kier alpha value is -2.58. The molecule has 0 spiro atoms. The molecule has 4 rings (SSSR count). The number of allylic oxidation sites excluding steroid dienone is 1. The Balaban J connectivity index is 1.67. The number of nitrogens with one attached hydrogen (secondary N) is 1. The zero-order valence-corrected chi connectivity index (χ0v) is 17.2. The molecular formula is C21H23FN2O4S. The number of ether oxygens (including phenoxy) is 3. The Kier molecular flexibility index (Phi) is 5.73. The molecule has 2 aliphatic rings. The number of rotatable bonds is 4. The molecule has 0 radical (unpaired) electrons. The molecular weight excluding hydrogens is 395 g/mol. The molecule has 2 aromatic rings. The Morgan fingerprint density at radius 3 is 2.86 bits per heavy atom. The molecule has 1 N–H and O–H groups in total. The molecule has 6 nitrogen and oxygen atoms in total. The average molecular weight is 418 g/mol. The molecule has 1 amide bonds.